The normalized spacial score (nSPS) is 10.8. The Bertz CT molecular complexity index is 774. The number of hydrogen-bond acceptors (Lipinski definition) is 3. The smallest absolute Gasteiger partial charge is 0.142 e. The van der Waals surface area contributed by atoms with Gasteiger partial charge in [0.2, 0.25) is 0 Å². The molecule has 0 bridgehead atoms. The van der Waals surface area contributed by atoms with Crippen molar-refractivity contribution >= 4 is 26.7 Å². The molecule has 0 unspecified atom stereocenters. The van der Waals surface area contributed by atoms with E-state index in [1.165, 1.54) is 5.39 Å². The average molecular weight is 343 g/mol. The summed E-state index contributed by atoms with van der Waals surface area (Å²) in [6.07, 6.45) is 3.56. The highest BCUT2D eigenvalue weighted by Crippen LogP contribution is 2.36. The molecule has 4 heteroatoms. The Labute approximate surface area is 132 Å². The van der Waals surface area contributed by atoms with E-state index in [-0.39, 0.29) is 0 Å². The zero-order valence-electron chi connectivity index (χ0n) is 11.6. The molecular formula is C17H15BrN2O. The third-order valence-electron chi connectivity index (χ3n) is 3.27. The number of rotatable bonds is 4. The number of nitrogens with zero attached hydrogens (tertiary/aromatic N) is 1. The van der Waals surface area contributed by atoms with Crippen LogP contribution in [0.5, 0.6) is 11.5 Å². The van der Waals surface area contributed by atoms with Crippen LogP contribution in [-0.4, -0.2) is 12.0 Å². The highest BCUT2D eigenvalue weighted by atomic mass is 79.9. The van der Waals surface area contributed by atoms with E-state index in [1.54, 1.807) is 6.20 Å². The van der Waals surface area contributed by atoms with Gasteiger partial charge in [0.25, 0.3) is 0 Å². The molecule has 0 spiro atoms. The molecule has 3 rings (SSSR count). The molecule has 0 fully saturated rings. The van der Waals surface area contributed by atoms with Gasteiger partial charge in [0.05, 0.1) is 4.47 Å². The molecule has 0 saturated carbocycles. The maximum Gasteiger partial charge on any atom is 0.142 e. The van der Waals surface area contributed by atoms with Crippen molar-refractivity contribution in [3.8, 4) is 11.5 Å². The lowest BCUT2D eigenvalue weighted by Crippen LogP contribution is -2.06. The van der Waals surface area contributed by atoms with Crippen molar-refractivity contribution < 1.29 is 4.74 Å². The molecule has 21 heavy (non-hydrogen) atoms. The summed E-state index contributed by atoms with van der Waals surface area (Å²) in [7, 11) is 1.91. The van der Waals surface area contributed by atoms with Gasteiger partial charge in [0, 0.05) is 24.5 Å². The fourth-order valence-electron chi connectivity index (χ4n) is 2.25. The summed E-state index contributed by atoms with van der Waals surface area (Å²) in [5.74, 6) is 1.62. The van der Waals surface area contributed by atoms with Crippen molar-refractivity contribution in [2.24, 2.45) is 0 Å². The highest BCUT2D eigenvalue weighted by molar-refractivity contribution is 9.10. The zero-order chi connectivity index (χ0) is 14.7. The van der Waals surface area contributed by atoms with E-state index in [0.717, 1.165) is 26.9 Å². The molecule has 1 N–H and O–H groups in total. The minimum absolute atomic E-state index is 0.717. The molecule has 0 aliphatic rings. The lowest BCUT2D eigenvalue weighted by atomic mass is 10.1. The van der Waals surface area contributed by atoms with E-state index in [4.69, 9.17) is 4.74 Å². The van der Waals surface area contributed by atoms with Crippen LogP contribution in [-0.2, 0) is 6.54 Å². The van der Waals surface area contributed by atoms with Gasteiger partial charge in [-0.3, -0.25) is 4.98 Å². The molecule has 0 radical (unpaired) electrons. The van der Waals surface area contributed by atoms with E-state index in [1.807, 2.05) is 37.5 Å². The molecule has 3 nitrogen and oxygen atoms in total. The highest BCUT2D eigenvalue weighted by Gasteiger charge is 2.09. The van der Waals surface area contributed by atoms with Crippen molar-refractivity contribution in [2.45, 2.75) is 6.54 Å². The maximum atomic E-state index is 6.07. The summed E-state index contributed by atoms with van der Waals surface area (Å²) in [5, 5.41) is 5.44. The van der Waals surface area contributed by atoms with Crippen LogP contribution in [0.25, 0.3) is 10.8 Å². The monoisotopic (exact) mass is 342 g/mol. The summed E-state index contributed by atoms with van der Waals surface area (Å²) in [5.41, 5.74) is 1.03. The molecule has 3 aromatic rings. The molecule has 0 amide bonds. The number of aromatic nitrogens is 1. The minimum atomic E-state index is 0.717. The van der Waals surface area contributed by atoms with Crippen molar-refractivity contribution in [2.75, 3.05) is 7.05 Å². The second-order valence-corrected chi connectivity index (χ2v) is 5.51. The lowest BCUT2D eigenvalue weighted by Gasteiger charge is -2.13. The van der Waals surface area contributed by atoms with Crippen molar-refractivity contribution in [1.29, 1.82) is 0 Å². The third kappa shape index (κ3) is 2.91. The SMILES string of the molecule is CNCc1cnccc1Oc1ccc2ccccc2c1Br. The van der Waals surface area contributed by atoms with Crippen molar-refractivity contribution in [3.05, 3.63) is 64.9 Å². The topological polar surface area (TPSA) is 34.2 Å². The largest absolute Gasteiger partial charge is 0.456 e. The summed E-state index contributed by atoms with van der Waals surface area (Å²) < 4.78 is 7.04. The molecule has 0 aliphatic heterocycles. The molecule has 0 aliphatic carbocycles. The Morgan fingerprint density at radius 2 is 1.95 bits per heavy atom. The van der Waals surface area contributed by atoms with Crippen molar-refractivity contribution in [3.63, 3.8) is 0 Å². The molecule has 106 valence electrons. The predicted octanol–water partition coefficient (Wildman–Crippen LogP) is 4.51. The average Bonchev–Trinajstić information content (AvgIpc) is 2.52. The van der Waals surface area contributed by atoms with Crippen LogP contribution in [0.4, 0.5) is 0 Å². The number of pyridine rings is 1. The van der Waals surface area contributed by atoms with Gasteiger partial charge in [-0.05, 0) is 45.9 Å². The number of fused-ring (bicyclic) bond motifs is 1. The minimum Gasteiger partial charge on any atom is -0.456 e. The van der Waals surface area contributed by atoms with E-state index in [9.17, 15) is 0 Å². The Hall–Kier alpha value is -1.91. The van der Waals surface area contributed by atoms with E-state index >= 15 is 0 Å². The van der Waals surface area contributed by atoms with Crippen LogP contribution in [0, 0.1) is 0 Å². The summed E-state index contributed by atoms with van der Waals surface area (Å²) in [6, 6.07) is 14.1. The summed E-state index contributed by atoms with van der Waals surface area (Å²) >= 11 is 3.65. The number of benzene rings is 2. The van der Waals surface area contributed by atoms with Crippen LogP contribution in [0.2, 0.25) is 0 Å². The van der Waals surface area contributed by atoms with Gasteiger partial charge in [-0.15, -0.1) is 0 Å². The second-order valence-electron chi connectivity index (χ2n) is 4.71. The molecule has 1 heterocycles. The Balaban J connectivity index is 2.00. The number of hydrogen-bond donors (Lipinski definition) is 1. The van der Waals surface area contributed by atoms with E-state index in [0.29, 0.717) is 6.54 Å². The third-order valence-corrected chi connectivity index (χ3v) is 4.09. The molecular weight excluding hydrogens is 328 g/mol. The molecule has 1 aromatic heterocycles. The number of ether oxygens (including phenoxy) is 1. The van der Waals surface area contributed by atoms with Crippen LogP contribution >= 0.6 is 15.9 Å². The standard InChI is InChI=1S/C17H15BrN2O/c1-19-10-13-11-20-9-8-15(13)21-16-7-6-12-4-2-3-5-14(12)17(16)18/h2-9,11,19H,10H2,1H3. The first kappa shape index (κ1) is 14.0. The second kappa shape index (κ2) is 6.24. The first-order chi connectivity index (χ1) is 10.3. The predicted molar refractivity (Wildman–Crippen MR) is 88.7 cm³/mol. The van der Waals surface area contributed by atoms with E-state index in [2.05, 4.69) is 44.4 Å². The lowest BCUT2D eigenvalue weighted by molar-refractivity contribution is 0.471. The molecule has 0 atom stereocenters. The Kier molecular flexibility index (Phi) is 4.18. The Morgan fingerprint density at radius 1 is 1.10 bits per heavy atom. The first-order valence-corrected chi connectivity index (χ1v) is 7.51. The van der Waals surface area contributed by atoms with Gasteiger partial charge in [0.15, 0.2) is 0 Å². The Morgan fingerprint density at radius 3 is 2.81 bits per heavy atom. The van der Waals surface area contributed by atoms with Gasteiger partial charge in [-0.25, -0.2) is 0 Å². The first-order valence-electron chi connectivity index (χ1n) is 6.72. The van der Waals surface area contributed by atoms with Gasteiger partial charge in [-0.2, -0.15) is 0 Å². The van der Waals surface area contributed by atoms with Crippen LogP contribution < -0.4 is 10.1 Å². The zero-order valence-corrected chi connectivity index (χ0v) is 13.2. The fraction of sp³-hybridized carbons (Fsp3) is 0.118. The molecule has 2 aromatic carbocycles. The van der Waals surface area contributed by atoms with Crippen LogP contribution in [0.15, 0.2) is 59.3 Å². The summed E-state index contributed by atoms with van der Waals surface area (Å²) in [6.45, 7) is 0.717. The molecule has 0 saturated heterocycles. The van der Waals surface area contributed by atoms with E-state index < -0.39 is 0 Å². The van der Waals surface area contributed by atoms with Crippen LogP contribution in [0.3, 0.4) is 0 Å². The number of nitrogens with one attached hydrogen (secondary N) is 1. The number of halogens is 1. The van der Waals surface area contributed by atoms with Gasteiger partial charge >= 0.3 is 0 Å². The van der Waals surface area contributed by atoms with Crippen molar-refractivity contribution in [1.82, 2.24) is 10.3 Å². The van der Waals surface area contributed by atoms with Gasteiger partial charge in [0.1, 0.15) is 11.5 Å². The maximum absolute atomic E-state index is 6.07. The quantitative estimate of drug-likeness (QED) is 0.757. The van der Waals surface area contributed by atoms with Gasteiger partial charge in [-0.1, -0.05) is 30.3 Å². The van der Waals surface area contributed by atoms with Crippen LogP contribution in [0.1, 0.15) is 5.56 Å². The summed E-state index contributed by atoms with van der Waals surface area (Å²) in [4.78, 5) is 4.15. The fourth-order valence-corrected chi connectivity index (χ4v) is 2.82. The van der Waals surface area contributed by atoms with Gasteiger partial charge < -0.3 is 10.1 Å².